The Morgan fingerprint density at radius 2 is 1.81 bits per heavy atom. The molecule has 0 radical (unpaired) electrons. The second-order valence-electron chi connectivity index (χ2n) is 8.39. The lowest BCUT2D eigenvalue weighted by Gasteiger charge is -2.19. The molecule has 32 heavy (non-hydrogen) atoms. The van der Waals surface area contributed by atoms with Crippen LogP contribution in [0.1, 0.15) is 73.5 Å². The van der Waals surface area contributed by atoms with Gasteiger partial charge in [0, 0.05) is 31.5 Å². The van der Waals surface area contributed by atoms with Crippen LogP contribution in [0.2, 0.25) is 0 Å². The zero-order valence-electron chi connectivity index (χ0n) is 19.5. The first-order chi connectivity index (χ1) is 15.5. The van der Waals surface area contributed by atoms with Crippen LogP contribution in [0.4, 0.5) is 0 Å². The van der Waals surface area contributed by atoms with E-state index in [1.54, 1.807) is 13.3 Å². The van der Waals surface area contributed by atoms with Gasteiger partial charge in [0.05, 0.1) is 25.5 Å². The minimum absolute atomic E-state index is 0.0198. The lowest BCUT2D eigenvalue weighted by atomic mass is 9.87. The molecule has 1 aromatic carbocycles. The fourth-order valence-electron chi connectivity index (χ4n) is 3.99. The number of pyridine rings is 1. The van der Waals surface area contributed by atoms with Gasteiger partial charge in [0.25, 0.3) is 0 Å². The molecule has 0 amide bonds. The molecule has 172 valence electrons. The van der Waals surface area contributed by atoms with Crippen LogP contribution in [-0.2, 0) is 16.1 Å². The standard InChI is InChI=1S/C18H24N2O3.C8H10O/c1-12(2)23-16-9-17-19-15(13-7-5-4-6-8-13)11-20(17)10-14(16)18(21)22-3;1-9-7-8-5-3-2-4-6-8/h9-13H,4-8H2,1-3H3;2-6H,7H2,1H3. The number of hydrogen-bond donors (Lipinski definition) is 0. The van der Waals surface area contributed by atoms with Gasteiger partial charge >= 0.3 is 5.97 Å². The van der Waals surface area contributed by atoms with Crippen molar-refractivity contribution in [2.24, 2.45) is 0 Å². The average Bonchev–Trinajstić information content (AvgIpc) is 3.23. The van der Waals surface area contributed by atoms with E-state index in [1.807, 2.05) is 60.8 Å². The van der Waals surface area contributed by atoms with E-state index in [0.29, 0.717) is 23.8 Å². The molecule has 2 heterocycles. The van der Waals surface area contributed by atoms with Crippen LogP contribution in [0.5, 0.6) is 5.75 Å². The summed E-state index contributed by atoms with van der Waals surface area (Å²) >= 11 is 0. The minimum Gasteiger partial charge on any atom is -0.490 e. The summed E-state index contributed by atoms with van der Waals surface area (Å²) in [5, 5.41) is 0. The van der Waals surface area contributed by atoms with Gasteiger partial charge in [-0.3, -0.25) is 0 Å². The van der Waals surface area contributed by atoms with Crippen LogP contribution in [0.3, 0.4) is 0 Å². The highest BCUT2D eigenvalue weighted by molar-refractivity contribution is 5.92. The van der Waals surface area contributed by atoms with Crippen molar-refractivity contribution in [3.63, 3.8) is 0 Å². The summed E-state index contributed by atoms with van der Waals surface area (Å²) < 4.78 is 17.5. The Bertz CT molecular complexity index is 992. The number of aromatic nitrogens is 2. The van der Waals surface area contributed by atoms with E-state index in [4.69, 9.17) is 19.2 Å². The van der Waals surface area contributed by atoms with E-state index < -0.39 is 5.97 Å². The molecule has 0 bridgehead atoms. The summed E-state index contributed by atoms with van der Waals surface area (Å²) in [6.07, 6.45) is 10.0. The van der Waals surface area contributed by atoms with Gasteiger partial charge in [0.1, 0.15) is 17.0 Å². The van der Waals surface area contributed by atoms with Crippen molar-refractivity contribution in [3.8, 4) is 5.75 Å². The zero-order valence-corrected chi connectivity index (χ0v) is 19.5. The van der Waals surface area contributed by atoms with Crippen molar-refractivity contribution in [1.29, 1.82) is 0 Å². The van der Waals surface area contributed by atoms with Crippen molar-refractivity contribution in [2.75, 3.05) is 14.2 Å². The number of fused-ring (bicyclic) bond motifs is 1. The number of methoxy groups -OCH3 is 2. The minimum atomic E-state index is -0.393. The highest BCUT2D eigenvalue weighted by Gasteiger charge is 2.21. The molecular weight excluding hydrogens is 404 g/mol. The Morgan fingerprint density at radius 1 is 1.09 bits per heavy atom. The lowest BCUT2D eigenvalue weighted by Crippen LogP contribution is -2.12. The predicted molar refractivity (Wildman–Crippen MR) is 125 cm³/mol. The summed E-state index contributed by atoms with van der Waals surface area (Å²) in [5.41, 5.74) is 3.58. The molecule has 0 unspecified atom stereocenters. The van der Waals surface area contributed by atoms with E-state index in [0.717, 1.165) is 11.3 Å². The summed E-state index contributed by atoms with van der Waals surface area (Å²) in [6, 6.07) is 11.9. The number of carbonyl (C=O) groups is 1. The molecule has 6 heteroatoms. The number of benzene rings is 1. The molecular formula is C26H34N2O4. The first kappa shape index (κ1) is 23.8. The predicted octanol–water partition coefficient (Wildman–Crippen LogP) is 5.79. The highest BCUT2D eigenvalue weighted by Crippen LogP contribution is 2.33. The summed E-state index contributed by atoms with van der Waals surface area (Å²) in [4.78, 5) is 16.8. The topological polar surface area (TPSA) is 62.1 Å². The summed E-state index contributed by atoms with van der Waals surface area (Å²) in [6.45, 7) is 4.58. The van der Waals surface area contributed by atoms with Gasteiger partial charge in [-0.15, -0.1) is 0 Å². The van der Waals surface area contributed by atoms with E-state index in [-0.39, 0.29) is 6.10 Å². The molecule has 0 saturated heterocycles. The van der Waals surface area contributed by atoms with Crippen molar-refractivity contribution >= 4 is 11.6 Å². The fraction of sp³-hybridized carbons (Fsp3) is 0.462. The molecule has 4 rings (SSSR count). The number of esters is 1. The third kappa shape index (κ3) is 6.33. The van der Waals surface area contributed by atoms with E-state index >= 15 is 0 Å². The number of hydrogen-bond acceptors (Lipinski definition) is 5. The van der Waals surface area contributed by atoms with Gasteiger partial charge in [-0.1, -0.05) is 49.6 Å². The monoisotopic (exact) mass is 438 g/mol. The van der Waals surface area contributed by atoms with Crippen LogP contribution in [0, 0.1) is 0 Å². The largest absolute Gasteiger partial charge is 0.490 e. The number of rotatable bonds is 6. The molecule has 0 spiro atoms. The van der Waals surface area contributed by atoms with Gasteiger partial charge < -0.3 is 18.6 Å². The first-order valence-corrected chi connectivity index (χ1v) is 11.3. The number of carbonyl (C=O) groups excluding carboxylic acids is 1. The maximum Gasteiger partial charge on any atom is 0.343 e. The van der Waals surface area contributed by atoms with Crippen LogP contribution in [0.25, 0.3) is 5.65 Å². The number of ether oxygens (including phenoxy) is 3. The van der Waals surface area contributed by atoms with Gasteiger partial charge in [-0.05, 0) is 32.3 Å². The third-order valence-corrected chi connectivity index (χ3v) is 5.52. The van der Waals surface area contributed by atoms with E-state index in [9.17, 15) is 4.79 Å². The van der Waals surface area contributed by atoms with Gasteiger partial charge in [0.2, 0.25) is 0 Å². The quantitative estimate of drug-likeness (QED) is 0.456. The zero-order chi connectivity index (χ0) is 22.9. The van der Waals surface area contributed by atoms with E-state index in [1.165, 1.54) is 44.8 Å². The summed E-state index contributed by atoms with van der Waals surface area (Å²) in [5.74, 6) is 0.662. The van der Waals surface area contributed by atoms with Crippen molar-refractivity contribution in [3.05, 3.63) is 65.6 Å². The van der Waals surface area contributed by atoms with Crippen LogP contribution >= 0.6 is 0 Å². The Morgan fingerprint density at radius 3 is 2.44 bits per heavy atom. The maximum absolute atomic E-state index is 12.0. The Balaban J connectivity index is 0.000000269. The molecule has 2 aromatic heterocycles. The van der Waals surface area contributed by atoms with Crippen LogP contribution in [-0.4, -0.2) is 35.7 Å². The summed E-state index contributed by atoms with van der Waals surface area (Å²) in [7, 11) is 3.08. The first-order valence-electron chi connectivity index (χ1n) is 11.3. The Hall–Kier alpha value is -2.86. The van der Waals surface area contributed by atoms with E-state index in [2.05, 4.69) is 0 Å². The molecule has 0 aliphatic heterocycles. The van der Waals surface area contributed by atoms with Crippen molar-refractivity contribution < 1.29 is 19.0 Å². The van der Waals surface area contributed by atoms with Gasteiger partial charge in [-0.25, -0.2) is 9.78 Å². The lowest BCUT2D eigenvalue weighted by molar-refractivity contribution is 0.0593. The van der Waals surface area contributed by atoms with Crippen molar-refractivity contribution in [1.82, 2.24) is 9.38 Å². The smallest absolute Gasteiger partial charge is 0.343 e. The van der Waals surface area contributed by atoms with Gasteiger partial charge in [0.15, 0.2) is 0 Å². The fourth-order valence-corrected chi connectivity index (χ4v) is 3.99. The highest BCUT2D eigenvalue weighted by atomic mass is 16.5. The molecule has 0 N–H and O–H groups in total. The molecule has 1 aliphatic carbocycles. The molecule has 3 aromatic rings. The Kier molecular flexibility index (Phi) is 8.68. The SMILES string of the molecule is COC(=O)c1cn2cc(C3CCCCC3)nc2cc1OC(C)C.COCc1ccccc1. The molecule has 6 nitrogen and oxygen atoms in total. The molecule has 0 atom stereocenters. The molecule has 1 aliphatic rings. The Labute approximate surface area is 190 Å². The van der Waals surface area contributed by atoms with Crippen LogP contribution < -0.4 is 4.74 Å². The second kappa shape index (κ2) is 11.7. The second-order valence-corrected chi connectivity index (χ2v) is 8.39. The number of nitrogens with zero attached hydrogens (tertiary/aromatic N) is 2. The third-order valence-electron chi connectivity index (χ3n) is 5.52. The van der Waals surface area contributed by atoms with Gasteiger partial charge in [-0.2, -0.15) is 0 Å². The molecule has 1 fully saturated rings. The van der Waals surface area contributed by atoms with Crippen molar-refractivity contribution in [2.45, 2.75) is 64.6 Å². The molecule has 1 saturated carbocycles. The average molecular weight is 439 g/mol. The van der Waals surface area contributed by atoms with Crippen LogP contribution in [0.15, 0.2) is 48.8 Å². The maximum atomic E-state index is 12.0. The number of imidazole rings is 1. The normalized spacial score (nSPS) is 14.2.